The van der Waals surface area contributed by atoms with Crippen molar-refractivity contribution in [1.82, 2.24) is 15.1 Å². The van der Waals surface area contributed by atoms with Gasteiger partial charge in [-0.15, -0.1) is 24.0 Å². The second kappa shape index (κ2) is 14.8. The van der Waals surface area contributed by atoms with Crippen LogP contribution in [0.3, 0.4) is 0 Å². The minimum atomic E-state index is 0. The molecule has 0 saturated carbocycles. The van der Waals surface area contributed by atoms with E-state index in [9.17, 15) is 0 Å². The number of hydrogen-bond donors (Lipinski definition) is 1. The molecular weight excluding hydrogens is 459 g/mol. The van der Waals surface area contributed by atoms with Crippen LogP contribution in [0.1, 0.15) is 32.1 Å². The van der Waals surface area contributed by atoms with Crippen LogP contribution < -0.4 is 5.32 Å². The highest BCUT2D eigenvalue weighted by atomic mass is 127. The van der Waals surface area contributed by atoms with E-state index >= 15 is 0 Å². The highest BCUT2D eigenvalue weighted by molar-refractivity contribution is 14.0. The van der Waals surface area contributed by atoms with Crippen LogP contribution in [0.2, 0.25) is 0 Å². The Labute approximate surface area is 182 Å². The first-order valence-electron chi connectivity index (χ1n) is 10.1. The molecule has 1 unspecified atom stereocenters. The van der Waals surface area contributed by atoms with Gasteiger partial charge in [0.2, 0.25) is 0 Å². The standard InChI is InChI=1S/C19H38N4O3.HI/c1-20-19(21-16-17-6-4-9-22(17)12-15-25-3)23-10-7-18(8-11-23)26-14-5-13-24-2;/h17-18H,4-16H2,1-3H3,(H,20,21);1H. The van der Waals surface area contributed by atoms with Crippen LogP contribution in [0.5, 0.6) is 0 Å². The van der Waals surface area contributed by atoms with Crippen molar-refractivity contribution in [1.29, 1.82) is 0 Å². The van der Waals surface area contributed by atoms with Gasteiger partial charge in [0.1, 0.15) is 0 Å². The van der Waals surface area contributed by atoms with Gasteiger partial charge in [0, 0.05) is 66.7 Å². The van der Waals surface area contributed by atoms with Gasteiger partial charge >= 0.3 is 0 Å². The predicted octanol–water partition coefficient (Wildman–Crippen LogP) is 1.81. The molecule has 0 bridgehead atoms. The molecule has 2 aliphatic heterocycles. The maximum atomic E-state index is 5.95. The van der Waals surface area contributed by atoms with Crippen LogP contribution in [0.4, 0.5) is 0 Å². The number of guanidine groups is 1. The highest BCUT2D eigenvalue weighted by Gasteiger charge is 2.26. The summed E-state index contributed by atoms with van der Waals surface area (Å²) in [5, 5.41) is 3.60. The summed E-state index contributed by atoms with van der Waals surface area (Å²) in [7, 11) is 5.39. The highest BCUT2D eigenvalue weighted by Crippen LogP contribution is 2.17. The Balaban J connectivity index is 0.00000364. The molecule has 27 heavy (non-hydrogen) atoms. The number of methoxy groups -OCH3 is 2. The first kappa shape index (κ1) is 24.9. The number of nitrogens with one attached hydrogen (secondary N) is 1. The Hall–Kier alpha value is -0.160. The number of nitrogens with zero attached hydrogens (tertiary/aromatic N) is 3. The van der Waals surface area contributed by atoms with E-state index < -0.39 is 0 Å². The molecule has 8 heteroatoms. The van der Waals surface area contributed by atoms with Gasteiger partial charge in [-0.3, -0.25) is 9.89 Å². The Bertz CT molecular complexity index is 406. The molecular formula is C19H39IN4O3. The molecule has 0 radical (unpaired) electrons. The van der Waals surface area contributed by atoms with Crippen molar-refractivity contribution in [2.45, 2.75) is 44.2 Å². The zero-order valence-corrected chi connectivity index (χ0v) is 19.7. The molecule has 7 nitrogen and oxygen atoms in total. The van der Waals surface area contributed by atoms with Gasteiger partial charge in [-0.25, -0.2) is 0 Å². The van der Waals surface area contributed by atoms with E-state index in [-0.39, 0.29) is 24.0 Å². The van der Waals surface area contributed by atoms with Gasteiger partial charge in [-0.05, 0) is 38.6 Å². The second-order valence-electron chi connectivity index (χ2n) is 7.16. The van der Waals surface area contributed by atoms with Gasteiger partial charge in [0.05, 0.1) is 12.7 Å². The van der Waals surface area contributed by atoms with Crippen molar-refractivity contribution in [3.8, 4) is 0 Å². The van der Waals surface area contributed by atoms with E-state index in [4.69, 9.17) is 14.2 Å². The molecule has 0 spiro atoms. The third kappa shape index (κ3) is 8.81. The molecule has 0 aromatic carbocycles. The normalized spacial score (nSPS) is 22.1. The summed E-state index contributed by atoms with van der Waals surface area (Å²) in [5.41, 5.74) is 0. The second-order valence-corrected chi connectivity index (χ2v) is 7.16. The number of ether oxygens (including phenoxy) is 3. The number of aliphatic imine (C=N–C) groups is 1. The largest absolute Gasteiger partial charge is 0.385 e. The SMILES string of the molecule is CN=C(NCC1CCCN1CCOC)N1CCC(OCCCOC)CC1.I. The number of piperidine rings is 1. The molecule has 0 aromatic rings. The van der Waals surface area contributed by atoms with E-state index in [2.05, 4.69) is 20.1 Å². The lowest BCUT2D eigenvalue weighted by molar-refractivity contribution is 0.00986. The topological polar surface area (TPSA) is 58.6 Å². The van der Waals surface area contributed by atoms with E-state index in [1.807, 2.05) is 7.05 Å². The first-order valence-corrected chi connectivity index (χ1v) is 10.1. The van der Waals surface area contributed by atoms with Crippen LogP contribution in [0.25, 0.3) is 0 Å². The van der Waals surface area contributed by atoms with Crippen molar-refractivity contribution >= 4 is 29.9 Å². The maximum Gasteiger partial charge on any atom is 0.193 e. The monoisotopic (exact) mass is 498 g/mol. The van der Waals surface area contributed by atoms with Crippen LogP contribution in [-0.4, -0.2) is 102 Å². The van der Waals surface area contributed by atoms with Crippen molar-refractivity contribution in [3.05, 3.63) is 0 Å². The molecule has 0 amide bonds. The number of likely N-dealkylation sites (tertiary alicyclic amines) is 2. The fourth-order valence-electron chi connectivity index (χ4n) is 3.86. The Morgan fingerprint density at radius 1 is 1.04 bits per heavy atom. The lowest BCUT2D eigenvalue weighted by Crippen LogP contribution is -2.50. The lowest BCUT2D eigenvalue weighted by atomic mass is 10.1. The summed E-state index contributed by atoms with van der Waals surface area (Å²) in [6.07, 6.45) is 6.02. The Morgan fingerprint density at radius 2 is 1.78 bits per heavy atom. The minimum absolute atomic E-state index is 0. The molecule has 1 N–H and O–H groups in total. The summed E-state index contributed by atoms with van der Waals surface area (Å²) in [4.78, 5) is 9.40. The maximum absolute atomic E-state index is 5.95. The van der Waals surface area contributed by atoms with Crippen LogP contribution >= 0.6 is 24.0 Å². The van der Waals surface area contributed by atoms with Gasteiger partial charge in [0.15, 0.2) is 5.96 Å². The molecule has 2 heterocycles. The van der Waals surface area contributed by atoms with E-state index in [1.54, 1.807) is 14.2 Å². The van der Waals surface area contributed by atoms with E-state index in [1.165, 1.54) is 19.4 Å². The average molecular weight is 498 g/mol. The molecule has 2 saturated heterocycles. The molecule has 0 aromatic heterocycles. The zero-order valence-electron chi connectivity index (χ0n) is 17.3. The minimum Gasteiger partial charge on any atom is -0.385 e. The third-order valence-corrected chi connectivity index (χ3v) is 5.38. The first-order chi connectivity index (χ1) is 12.8. The van der Waals surface area contributed by atoms with E-state index in [0.29, 0.717) is 12.1 Å². The number of halogens is 1. The molecule has 2 aliphatic rings. The fraction of sp³-hybridized carbons (Fsp3) is 0.947. The van der Waals surface area contributed by atoms with Crippen molar-refractivity contribution in [2.24, 2.45) is 4.99 Å². The van der Waals surface area contributed by atoms with Gasteiger partial charge in [-0.1, -0.05) is 0 Å². The van der Waals surface area contributed by atoms with Gasteiger partial charge < -0.3 is 24.4 Å². The fourth-order valence-corrected chi connectivity index (χ4v) is 3.86. The molecule has 160 valence electrons. The molecule has 1 atom stereocenters. The summed E-state index contributed by atoms with van der Waals surface area (Å²) in [6, 6.07) is 0.587. The van der Waals surface area contributed by atoms with Crippen LogP contribution in [0.15, 0.2) is 4.99 Å². The summed E-state index contributed by atoms with van der Waals surface area (Å²) in [6.45, 7) is 7.56. The summed E-state index contributed by atoms with van der Waals surface area (Å²) >= 11 is 0. The Kier molecular flexibility index (Phi) is 13.6. The van der Waals surface area contributed by atoms with E-state index in [0.717, 1.165) is 71.2 Å². The summed E-state index contributed by atoms with van der Waals surface area (Å²) in [5.74, 6) is 1.03. The predicted molar refractivity (Wildman–Crippen MR) is 120 cm³/mol. The summed E-state index contributed by atoms with van der Waals surface area (Å²) < 4.78 is 16.3. The Morgan fingerprint density at radius 3 is 2.44 bits per heavy atom. The number of hydrogen-bond acceptors (Lipinski definition) is 5. The lowest BCUT2D eigenvalue weighted by Gasteiger charge is -2.35. The van der Waals surface area contributed by atoms with Crippen LogP contribution in [-0.2, 0) is 14.2 Å². The number of rotatable bonds is 10. The van der Waals surface area contributed by atoms with Gasteiger partial charge in [-0.2, -0.15) is 0 Å². The molecule has 2 fully saturated rings. The van der Waals surface area contributed by atoms with Crippen molar-refractivity contribution < 1.29 is 14.2 Å². The van der Waals surface area contributed by atoms with Crippen molar-refractivity contribution in [3.63, 3.8) is 0 Å². The van der Waals surface area contributed by atoms with Gasteiger partial charge in [0.25, 0.3) is 0 Å². The third-order valence-electron chi connectivity index (χ3n) is 5.38. The van der Waals surface area contributed by atoms with Crippen molar-refractivity contribution in [2.75, 3.05) is 73.8 Å². The quantitative estimate of drug-likeness (QED) is 0.215. The molecule has 2 rings (SSSR count). The molecule has 0 aliphatic carbocycles. The van der Waals surface area contributed by atoms with Crippen LogP contribution in [0, 0.1) is 0 Å². The smallest absolute Gasteiger partial charge is 0.193 e. The zero-order chi connectivity index (χ0) is 18.6. The average Bonchev–Trinajstić information content (AvgIpc) is 3.12.